The zero-order valence-electron chi connectivity index (χ0n) is 11.2. The monoisotopic (exact) mass is 261 g/mol. The van der Waals surface area contributed by atoms with Crippen LogP contribution >= 0.6 is 0 Å². The number of hydrogen-bond donors (Lipinski definition) is 0. The van der Waals surface area contributed by atoms with Crippen molar-refractivity contribution in [2.45, 2.75) is 39.0 Å². The third-order valence-electron chi connectivity index (χ3n) is 2.70. The van der Waals surface area contributed by atoms with Crippen LogP contribution in [0.1, 0.15) is 27.2 Å². The molecular weight excluding hydrogens is 241 g/mol. The highest BCUT2D eigenvalue weighted by atomic mass is 19.1. The summed E-state index contributed by atoms with van der Waals surface area (Å²) < 4.78 is 23.5. The molecule has 0 aromatic carbocycles. The molecule has 0 N–H and O–H groups in total. The topological polar surface area (TPSA) is 55.8 Å². The summed E-state index contributed by atoms with van der Waals surface area (Å²) in [6.45, 7) is 5.42. The van der Waals surface area contributed by atoms with Crippen molar-refractivity contribution in [2.24, 2.45) is 5.92 Å². The average Bonchev–Trinajstić information content (AvgIpc) is 2.25. The van der Waals surface area contributed by atoms with E-state index in [-0.39, 0.29) is 13.0 Å². The number of carbonyl (C=O) groups excluding carboxylic acids is 2. The number of likely N-dealkylation sites (tertiary alicyclic amines) is 1. The molecule has 1 fully saturated rings. The van der Waals surface area contributed by atoms with Gasteiger partial charge in [0.25, 0.3) is 0 Å². The Morgan fingerprint density at radius 2 is 1.94 bits per heavy atom. The molecule has 1 aliphatic rings. The number of piperidine rings is 1. The molecule has 0 aromatic heterocycles. The number of ether oxygens (including phenoxy) is 2. The van der Waals surface area contributed by atoms with Gasteiger partial charge < -0.3 is 14.4 Å². The maximum absolute atomic E-state index is 13.8. The number of rotatable bonds is 1. The lowest BCUT2D eigenvalue weighted by atomic mass is 9.95. The average molecular weight is 261 g/mol. The van der Waals surface area contributed by atoms with Crippen molar-refractivity contribution in [2.75, 3.05) is 20.2 Å². The molecule has 1 rings (SSSR count). The number of nitrogens with zero attached hydrogens (tertiary/aromatic N) is 1. The largest absolute Gasteiger partial charge is 0.469 e. The lowest BCUT2D eigenvalue weighted by molar-refractivity contribution is -0.150. The highest BCUT2D eigenvalue weighted by Crippen LogP contribution is 2.23. The predicted molar refractivity (Wildman–Crippen MR) is 62.8 cm³/mol. The Morgan fingerprint density at radius 3 is 2.39 bits per heavy atom. The summed E-state index contributed by atoms with van der Waals surface area (Å²) >= 11 is 0. The Hall–Kier alpha value is -1.33. The molecule has 1 amide bonds. The van der Waals surface area contributed by atoms with Gasteiger partial charge in [-0.2, -0.15) is 0 Å². The van der Waals surface area contributed by atoms with Crippen LogP contribution in [0, 0.1) is 5.92 Å². The fourth-order valence-corrected chi connectivity index (χ4v) is 1.81. The van der Waals surface area contributed by atoms with Gasteiger partial charge >= 0.3 is 12.1 Å². The molecule has 0 radical (unpaired) electrons. The van der Waals surface area contributed by atoms with E-state index in [1.807, 2.05) is 0 Å². The summed E-state index contributed by atoms with van der Waals surface area (Å²) in [7, 11) is 1.23. The molecule has 2 atom stereocenters. The Bertz CT molecular complexity index is 327. The zero-order chi connectivity index (χ0) is 13.9. The normalized spacial score (nSPS) is 24.6. The molecule has 0 aromatic rings. The van der Waals surface area contributed by atoms with Gasteiger partial charge in [-0.25, -0.2) is 9.18 Å². The number of hydrogen-bond acceptors (Lipinski definition) is 4. The van der Waals surface area contributed by atoms with Crippen LogP contribution in [-0.2, 0) is 14.3 Å². The summed E-state index contributed by atoms with van der Waals surface area (Å²) in [5.74, 6) is -1.35. The van der Waals surface area contributed by atoms with Crippen LogP contribution < -0.4 is 0 Å². The van der Waals surface area contributed by atoms with Crippen molar-refractivity contribution in [1.29, 1.82) is 0 Å². The van der Waals surface area contributed by atoms with Crippen LogP contribution in [0.2, 0.25) is 0 Å². The van der Waals surface area contributed by atoms with Gasteiger partial charge in [-0.1, -0.05) is 0 Å². The molecule has 1 aliphatic heterocycles. The van der Waals surface area contributed by atoms with Gasteiger partial charge in [0, 0.05) is 6.54 Å². The number of esters is 1. The van der Waals surface area contributed by atoms with Crippen LogP contribution in [0.4, 0.5) is 9.18 Å². The van der Waals surface area contributed by atoms with Crippen LogP contribution in [0.3, 0.4) is 0 Å². The van der Waals surface area contributed by atoms with Crippen LogP contribution in [0.5, 0.6) is 0 Å². The van der Waals surface area contributed by atoms with Crippen LogP contribution in [0.25, 0.3) is 0 Å². The van der Waals surface area contributed by atoms with E-state index >= 15 is 0 Å². The summed E-state index contributed by atoms with van der Waals surface area (Å²) in [6, 6.07) is 0. The molecule has 1 heterocycles. The Labute approximate surface area is 106 Å². The van der Waals surface area contributed by atoms with Gasteiger partial charge in [0.05, 0.1) is 19.6 Å². The Kier molecular flexibility index (Phi) is 4.53. The third-order valence-corrected chi connectivity index (χ3v) is 2.70. The van der Waals surface area contributed by atoms with Gasteiger partial charge in [0.2, 0.25) is 0 Å². The predicted octanol–water partition coefficient (Wildman–Crippen LogP) is 1.75. The number of alkyl halides is 1. The second-order valence-corrected chi connectivity index (χ2v) is 5.36. The van der Waals surface area contributed by atoms with E-state index < -0.39 is 29.8 Å². The quantitative estimate of drug-likeness (QED) is 0.675. The first kappa shape index (κ1) is 14.7. The van der Waals surface area contributed by atoms with E-state index in [0.717, 1.165) is 0 Å². The third kappa shape index (κ3) is 3.85. The first-order valence-corrected chi connectivity index (χ1v) is 5.94. The highest BCUT2D eigenvalue weighted by molar-refractivity contribution is 5.74. The summed E-state index contributed by atoms with van der Waals surface area (Å²) in [5.41, 5.74) is -0.609. The van der Waals surface area contributed by atoms with E-state index in [9.17, 15) is 14.0 Å². The van der Waals surface area contributed by atoms with Crippen LogP contribution in [-0.4, -0.2) is 48.9 Å². The van der Waals surface area contributed by atoms with Gasteiger partial charge in [-0.05, 0) is 27.2 Å². The van der Waals surface area contributed by atoms with Gasteiger partial charge in [-0.3, -0.25) is 4.79 Å². The minimum absolute atomic E-state index is 0.130. The van der Waals surface area contributed by atoms with Gasteiger partial charge in [0.1, 0.15) is 11.8 Å². The van der Waals surface area contributed by atoms with E-state index in [0.29, 0.717) is 6.54 Å². The molecule has 0 spiro atoms. The van der Waals surface area contributed by atoms with E-state index in [4.69, 9.17) is 4.74 Å². The van der Waals surface area contributed by atoms with E-state index in [2.05, 4.69) is 4.74 Å². The fourth-order valence-electron chi connectivity index (χ4n) is 1.81. The SMILES string of the molecule is COC(=O)[C@H]1CCN(C(=O)OC(C)(C)C)C[C@@H]1F. The Morgan fingerprint density at radius 1 is 1.33 bits per heavy atom. The minimum Gasteiger partial charge on any atom is -0.469 e. The maximum atomic E-state index is 13.8. The van der Waals surface area contributed by atoms with Crippen molar-refractivity contribution >= 4 is 12.1 Å². The summed E-state index contributed by atoms with van der Waals surface area (Å²) in [4.78, 5) is 24.3. The first-order chi connectivity index (χ1) is 8.24. The van der Waals surface area contributed by atoms with Gasteiger partial charge in [-0.15, -0.1) is 0 Å². The number of methoxy groups -OCH3 is 1. The second kappa shape index (κ2) is 5.54. The number of amides is 1. The van der Waals surface area contributed by atoms with Crippen molar-refractivity contribution in [3.8, 4) is 0 Å². The lowest BCUT2D eigenvalue weighted by Crippen LogP contribution is -2.48. The lowest BCUT2D eigenvalue weighted by Gasteiger charge is -2.34. The van der Waals surface area contributed by atoms with E-state index in [1.165, 1.54) is 12.0 Å². The maximum Gasteiger partial charge on any atom is 0.410 e. The zero-order valence-corrected chi connectivity index (χ0v) is 11.2. The second-order valence-electron chi connectivity index (χ2n) is 5.36. The minimum atomic E-state index is -1.40. The van der Waals surface area contributed by atoms with Gasteiger partial charge in [0.15, 0.2) is 0 Å². The Balaban J connectivity index is 2.55. The van der Waals surface area contributed by atoms with Crippen LogP contribution in [0.15, 0.2) is 0 Å². The number of halogens is 1. The molecule has 18 heavy (non-hydrogen) atoms. The highest BCUT2D eigenvalue weighted by Gasteiger charge is 2.37. The summed E-state index contributed by atoms with van der Waals surface area (Å²) in [5, 5.41) is 0. The molecule has 0 bridgehead atoms. The number of carbonyl (C=O) groups is 2. The first-order valence-electron chi connectivity index (χ1n) is 5.94. The molecule has 6 heteroatoms. The van der Waals surface area contributed by atoms with E-state index in [1.54, 1.807) is 20.8 Å². The molecule has 0 unspecified atom stereocenters. The molecule has 1 saturated heterocycles. The fraction of sp³-hybridized carbons (Fsp3) is 0.833. The molecule has 104 valence electrons. The molecule has 5 nitrogen and oxygen atoms in total. The smallest absolute Gasteiger partial charge is 0.410 e. The molecule has 0 aliphatic carbocycles. The van der Waals surface area contributed by atoms with Crippen molar-refractivity contribution in [3.05, 3.63) is 0 Å². The van der Waals surface area contributed by atoms with Crippen molar-refractivity contribution in [3.63, 3.8) is 0 Å². The molecular formula is C12H20FNO4. The van der Waals surface area contributed by atoms with Crippen molar-refractivity contribution < 1.29 is 23.5 Å². The summed E-state index contributed by atoms with van der Waals surface area (Å²) in [6.07, 6.45) is -1.69. The standard InChI is InChI=1S/C12H20FNO4/c1-12(2,3)18-11(16)14-6-5-8(9(13)7-14)10(15)17-4/h8-9H,5-7H2,1-4H3/t8-,9-/m0/s1. The molecule has 0 saturated carbocycles. The van der Waals surface area contributed by atoms with Crippen molar-refractivity contribution in [1.82, 2.24) is 4.90 Å².